The second kappa shape index (κ2) is 14.4. The molecule has 3 N–H and O–H groups in total. The Bertz CT molecular complexity index is 2090. The van der Waals surface area contributed by atoms with Crippen molar-refractivity contribution in [3.05, 3.63) is 60.3 Å². The van der Waals surface area contributed by atoms with E-state index in [1.165, 1.54) is 27.8 Å². The molecular formula is C37H44F3N11O4. The maximum atomic E-state index is 14.1. The molecule has 3 aliphatic heterocycles. The normalized spacial score (nSPS) is 23.8. The zero-order chi connectivity index (χ0) is 38.6. The molecule has 292 valence electrons. The summed E-state index contributed by atoms with van der Waals surface area (Å²) < 4.78 is 45.0. The lowest BCUT2D eigenvalue weighted by Gasteiger charge is -2.40. The Morgan fingerprint density at radius 2 is 1.80 bits per heavy atom. The second-order valence-electron chi connectivity index (χ2n) is 15.1. The minimum atomic E-state index is -4.75. The number of benzene rings is 1. The van der Waals surface area contributed by atoms with Crippen LogP contribution in [0.25, 0.3) is 5.65 Å². The highest BCUT2D eigenvalue weighted by molar-refractivity contribution is 6.08. The third kappa shape index (κ3) is 6.96. The fourth-order valence-corrected chi connectivity index (χ4v) is 8.80. The van der Waals surface area contributed by atoms with Gasteiger partial charge in [-0.3, -0.25) is 24.4 Å². The molecule has 6 heterocycles. The van der Waals surface area contributed by atoms with Crippen molar-refractivity contribution >= 4 is 46.1 Å². The van der Waals surface area contributed by atoms with E-state index in [9.17, 15) is 32.7 Å². The van der Waals surface area contributed by atoms with Crippen LogP contribution in [0.15, 0.2) is 49.1 Å². The van der Waals surface area contributed by atoms with Gasteiger partial charge in [0, 0.05) is 57.7 Å². The molecule has 3 fully saturated rings. The number of halogens is 3. The number of fused-ring (bicyclic) bond motifs is 2. The maximum Gasteiger partial charge on any atom is 0.437 e. The number of hydrogen-bond donors (Lipinski definition) is 3. The van der Waals surface area contributed by atoms with Crippen LogP contribution in [0.4, 0.5) is 35.9 Å². The van der Waals surface area contributed by atoms with Crippen molar-refractivity contribution in [3.63, 3.8) is 0 Å². The summed E-state index contributed by atoms with van der Waals surface area (Å²) in [5.74, 6) is -1.05. The number of aliphatic hydroxyl groups excluding tert-OH is 1. The van der Waals surface area contributed by atoms with Gasteiger partial charge in [0.15, 0.2) is 11.3 Å². The van der Waals surface area contributed by atoms with Gasteiger partial charge in [0.05, 0.1) is 35.0 Å². The average molecular weight is 764 g/mol. The summed E-state index contributed by atoms with van der Waals surface area (Å²) in [6, 6.07) is 7.04. The minimum absolute atomic E-state index is 0.0613. The van der Waals surface area contributed by atoms with Crippen molar-refractivity contribution in [1.82, 2.24) is 34.6 Å². The molecule has 3 aromatic heterocycles. The number of nitrogens with zero attached hydrogens (tertiary/aromatic N) is 9. The third-order valence-corrected chi connectivity index (χ3v) is 11.7. The van der Waals surface area contributed by atoms with Gasteiger partial charge in [-0.05, 0) is 76.1 Å². The zero-order valence-corrected chi connectivity index (χ0v) is 30.6. The number of para-hydroxylation sites is 1. The highest BCUT2D eigenvalue weighted by Gasteiger charge is 2.44. The van der Waals surface area contributed by atoms with E-state index in [1.54, 1.807) is 22.1 Å². The summed E-state index contributed by atoms with van der Waals surface area (Å²) in [4.78, 5) is 49.9. The number of aromatic nitrogens is 5. The van der Waals surface area contributed by atoms with Gasteiger partial charge in [-0.2, -0.15) is 23.4 Å². The van der Waals surface area contributed by atoms with Crippen molar-refractivity contribution in [3.8, 4) is 0 Å². The summed E-state index contributed by atoms with van der Waals surface area (Å²) >= 11 is 0. The lowest BCUT2D eigenvalue weighted by molar-refractivity contribution is -0.141. The lowest BCUT2D eigenvalue weighted by atomic mass is 9.85. The Kier molecular flexibility index (Phi) is 9.65. The summed E-state index contributed by atoms with van der Waals surface area (Å²) in [6.07, 6.45) is 5.33. The van der Waals surface area contributed by atoms with Crippen LogP contribution >= 0.6 is 0 Å². The van der Waals surface area contributed by atoms with E-state index in [1.807, 2.05) is 25.2 Å². The molecule has 55 heavy (non-hydrogen) atoms. The predicted octanol–water partition coefficient (Wildman–Crippen LogP) is 3.87. The first kappa shape index (κ1) is 36.7. The first-order chi connectivity index (χ1) is 26.4. The van der Waals surface area contributed by atoms with Crippen molar-refractivity contribution in [2.75, 3.05) is 53.7 Å². The molecular weight excluding hydrogens is 719 g/mol. The second-order valence-corrected chi connectivity index (χ2v) is 15.1. The van der Waals surface area contributed by atoms with Crippen molar-refractivity contribution in [2.45, 2.75) is 82.0 Å². The van der Waals surface area contributed by atoms with Crippen LogP contribution in [0.5, 0.6) is 0 Å². The van der Waals surface area contributed by atoms with Crippen molar-refractivity contribution in [1.29, 1.82) is 0 Å². The number of aliphatic hydroxyl groups is 1. The van der Waals surface area contributed by atoms with Gasteiger partial charge in [-0.15, -0.1) is 0 Å². The standard InChI is InChI=1S/C37H44F3N11O4/c1-46(23-13-17-48(18-14-23)27-5-3-6-28-31(27)47(2)36(55)51(28)29-11-12-30(52)44-35(29)54)20-22-7-9-24(10-8-22)50-21-26(32(45-50)37(38,39)40)43-34(53)25-19-42-49-16-4-15-41-33(25)49/h3-6,15-16,19,21-24,29,36,55H,7-14,17-18,20H2,1-2H3,(H,43,53)(H,44,52,54). The largest absolute Gasteiger partial charge is 0.437 e. The molecule has 3 amide bonds. The Morgan fingerprint density at radius 1 is 1.05 bits per heavy atom. The number of carbonyl (C=O) groups excluding carboxylic acids is 3. The van der Waals surface area contributed by atoms with Crippen molar-refractivity contribution < 1.29 is 32.7 Å². The Hall–Kier alpha value is -5.23. The fraction of sp³-hybridized carbons (Fsp3) is 0.514. The van der Waals surface area contributed by atoms with Gasteiger partial charge in [0.2, 0.25) is 18.2 Å². The average Bonchev–Trinajstić information content (AvgIpc) is 3.87. The summed E-state index contributed by atoms with van der Waals surface area (Å²) in [6.45, 7) is 2.51. The van der Waals surface area contributed by atoms with Gasteiger partial charge in [0.1, 0.15) is 11.6 Å². The molecule has 1 aromatic carbocycles. The van der Waals surface area contributed by atoms with E-state index >= 15 is 0 Å². The van der Waals surface area contributed by atoms with Crippen molar-refractivity contribution in [2.24, 2.45) is 5.92 Å². The lowest BCUT2D eigenvalue weighted by Crippen LogP contribution is -2.56. The number of nitrogens with one attached hydrogen (secondary N) is 2. The van der Waals surface area contributed by atoms with E-state index < -0.39 is 41.8 Å². The van der Waals surface area contributed by atoms with E-state index in [2.05, 4.69) is 42.7 Å². The molecule has 1 saturated carbocycles. The first-order valence-corrected chi connectivity index (χ1v) is 18.7. The smallest absolute Gasteiger partial charge is 0.370 e. The predicted molar refractivity (Wildman–Crippen MR) is 197 cm³/mol. The summed E-state index contributed by atoms with van der Waals surface area (Å²) in [5, 5.41) is 24.0. The monoisotopic (exact) mass is 763 g/mol. The number of rotatable bonds is 8. The van der Waals surface area contributed by atoms with Gasteiger partial charge in [-0.1, -0.05) is 6.07 Å². The van der Waals surface area contributed by atoms with Crippen LogP contribution in [0.3, 0.4) is 0 Å². The molecule has 2 saturated heterocycles. The maximum absolute atomic E-state index is 14.1. The van der Waals surface area contributed by atoms with E-state index in [-0.39, 0.29) is 29.6 Å². The number of amides is 3. The van der Waals surface area contributed by atoms with Crippen LogP contribution in [0.1, 0.15) is 73.5 Å². The third-order valence-electron chi connectivity index (χ3n) is 11.7. The molecule has 0 radical (unpaired) electrons. The fourth-order valence-electron chi connectivity index (χ4n) is 8.80. The Balaban J connectivity index is 0.862. The molecule has 2 unspecified atom stereocenters. The van der Waals surface area contributed by atoms with E-state index in [4.69, 9.17) is 0 Å². The number of imide groups is 1. The highest BCUT2D eigenvalue weighted by atomic mass is 19.4. The summed E-state index contributed by atoms with van der Waals surface area (Å²) in [7, 11) is 3.96. The van der Waals surface area contributed by atoms with E-state index in [0.29, 0.717) is 31.2 Å². The molecule has 4 aliphatic rings. The van der Waals surface area contributed by atoms with Gasteiger partial charge in [0.25, 0.3) is 5.91 Å². The molecule has 0 spiro atoms. The summed E-state index contributed by atoms with van der Waals surface area (Å²) in [5.41, 5.74) is 1.40. The van der Waals surface area contributed by atoms with Gasteiger partial charge >= 0.3 is 6.18 Å². The quantitative estimate of drug-likeness (QED) is 0.224. The number of carbonyl (C=O) groups is 3. The molecule has 0 bridgehead atoms. The van der Waals surface area contributed by atoms with Crippen LogP contribution in [0.2, 0.25) is 0 Å². The molecule has 1 aliphatic carbocycles. The van der Waals surface area contributed by atoms with E-state index in [0.717, 1.165) is 62.4 Å². The molecule has 18 heteroatoms. The zero-order valence-electron chi connectivity index (χ0n) is 30.6. The first-order valence-electron chi connectivity index (χ1n) is 18.7. The molecule has 2 atom stereocenters. The van der Waals surface area contributed by atoms with Crippen LogP contribution in [-0.4, -0.2) is 104 Å². The Labute approximate surface area is 315 Å². The van der Waals surface area contributed by atoms with Gasteiger partial charge < -0.3 is 30.0 Å². The SMILES string of the molecule is CN(CC1CCC(n2cc(NC(=O)c3cnn4cccnc34)c(C(F)(F)F)n2)CC1)C1CCN(c2cccc3c2N(C)C(O)N3C2CCC(=O)NC2=O)CC1. The number of piperidine rings is 2. The number of hydrogen-bond acceptors (Lipinski definition) is 11. The molecule has 4 aromatic rings. The molecule has 15 nitrogen and oxygen atoms in total. The topological polar surface area (TPSA) is 156 Å². The van der Waals surface area contributed by atoms with Crippen LogP contribution < -0.4 is 25.3 Å². The molecule has 8 rings (SSSR count). The van der Waals surface area contributed by atoms with Gasteiger partial charge in [-0.25, -0.2) is 9.50 Å². The van der Waals surface area contributed by atoms with Crippen LogP contribution in [-0.2, 0) is 15.8 Å². The number of anilines is 4. The van der Waals surface area contributed by atoms with Crippen LogP contribution in [0, 0.1) is 5.92 Å². The highest BCUT2D eigenvalue weighted by Crippen LogP contribution is 2.47. The minimum Gasteiger partial charge on any atom is -0.370 e. The number of alkyl halides is 3. The Morgan fingerprint density at radius 3 is 2.53 bits per heavy atom.